The lowest BCUT2D eigenvalue weighted by atomic mass is 10.0. The molecule has 3 N–H and O–H groups in total. The van der Waals surface area contributed by atoms with Crippen molar-refractivity contribution >= 4 is 0 Å². The third-order valence-corrected chi connectivity index (χ3v) is 6.16. The summed E-state index contributed by atoms with van der Waals surface area (Å²) in [5.74, 6) is 0. The highest BCUT2D eigenvalue weighted by Gasteiger charge is 2.39. The molecule has 0 radical (unpaired) electrons. The minimum atomic E-state index is -1.04. The van der Waals surface area contributed by atoms with Crippen LogP contribution in [0.4, 0.5) is 0 Å². The molecule has 1 rings (SSSR count). The van der Waals surface area contributed by atoms with Gasteiger partial charge in [0.15, 0.2) is 0 Å². The van der Waals surface area contributed by atoms with Crippen LogP contribution in [0.3, 0.4) is 0 Å². The minimum Gasteiger partial charge on any atom is -0.388 e. The van der Waals surface area contributed by atoms with Gasteiger partial charge in [-0.15, -0.1) is 0 Å². The Hall–Kier alpha value is -0.460. The lowest BCUT2D eigenvalue weighted by molar-refractivity contribution is -0.0811. The third-order valence-electron chi connectivity index (χ3n) is 6.16. The van der Waals surface area contributed by atoms with E-state index in [2.05, 4.69) is 19.1 Å². The quantitative estimate of drug-likeness (QED) is 0.166. The molecule has 1 saturated heterocycles. The lowest BCUT2D eigenvalue weighted by Gasteiger charge is -2.20. The zero-order valence-corrected chi connectivity index (χ0v) is 20.1. The van der Waals surface area contributed by atoms with E-state index in [4.69, 9.17) is 9.47 Å². The van der Waals surface area contributed by atoms with Crippen LogP contribution in [-0.4, -0.2) is 59.6 Å². The van der Waals surface area contributed by atoms with E-state index in [-0.39, 0.29) is 13.2 Å². The molecule has 0 unspecified atom stereocenters. The summed E-state index contributed by atoms with van der Waals surface area (Å²) in [6, 6.07) is 0. The van der Waals surface area contributed by atoms with Crippen LogP contribution in [0.2, 0.25) is 0 Å². The monoisotopic (exact) mass is 442 g/mol. The molecule has 5 nitrogen and oxygen atoms in total. The maximum Gasteiger partial charge on any atom is 0.114 e. The first-order valence-corrected chi connectivity index (χ1v) is 13.0. The van der Waals surface area contributed by atoms with Gasteiger partial charge in [0.2, 0.25) is 0 Å². The fraction of sp³-hybridized carbons (Fsp3) is 0.923. The molecule has 0 aliphatic carbocycles. The summed E-state index contributed by atoms with van der Waals surface area (Å²) in [7, 11) is 0. The Bertz CT molecular complexity index is 415. The van der Waals surface area contributed by atoms with Gasteiger partial charge in [-0.3, -0.25) is 0 Å². The largest absolute Gasteiger partial charge is 0.388 e. The molecule has 4 atom stereocenters. The predicted molar refractivity (Wildman–Crippen MR) is 127 cm³/mol. The normalized spacial score (nSPS) is 22.5. The van der Waals surface area contributed by atoms with Gasteiger partial charge in [0, 0.05) is 6.61 Å². The average Bonchev–Trinajstić information content (AvgIpc) is 3.10. The van der Waals surface area contributed by atoms with E-state index < -0.39 is 24.4 Å². The lowest BCUT2D eigenvalue weighted by Crippen LogP contribution is -2.40. The fourth-order valence-electron chi connectivity index (χ4n) is 4.08. The van der Waals surface area contributed by atoms with E-state index in [1.807, 2.05) is 0 Å². The summed E-state index contributed by atoms with van der Waals surface area (Å²) in [5.41, 5.74) is 0. The molecule has 0 bridgehead atoms. The number of aliphatic hydroxyl groups is 3. The van der Waals surface area contributed by atoms with E-state index in [9.17, 15) is 15.3 Å². The van der Waals surface area contributed by atoms with Gasteiger partial charge in [-0.2, -0.15) is 0 Å². The van der Waals surface area contributed by atoms with Crippen molar-refractivity contribution < 1.29 is 24.8 Å². The number of unbranched alkanes of at least 4 members (excludes halogenated alkanes) is 14. The van der Waals surface area contributed by atoms with Gasteiger partial charge in [-0.25, -0.2) is 0 Å². The summed E-state index contributed by atoms with van der Waals surface area (Å²) in [6.07, 6.45) is 22.1. The van der Waals surface area contributed by atoms with E-state index in [0.717, 1.165) is 19.3 Å². The molecule has 1 aliphatic rings. The van der Waals surface area contributed by atoms with Gasteiger partial charge in [0.1, 0.15) is 24.4 Å². The second-order valence-corrected chi connectivity index (χ2v) is 9.14. The second-order valence-electron chi connectivity index (χ2n) is 9.14. The van der Waals surface area contributed by atoms with Crippen LogP contribution < -0.4 is 0 Å². The molecule has 0 aromatic heterocycles. The summed E-state index contributed by atoms with van der Waals surface area (Å²) in [5, 5.41) is 29.1. The van der Waals surface area contributed by atoms with Crippen molar-refractivity contribution in [3.63, 3.8) is 0 Å². The van der Waals surface area contributed by atoms with Crippen molar-refractivity contribution in [2.45, 2.75) is 134 Å². The van der Waals surface area contributed by atoms with Gasteiger partial charge in [-0.1, -0.05) is 96.1 Å². The van der Waals surface area contributed by atoms with Crippen molar-refractivity contribution in [2.24, 2.45) is 0 Å². The fourth-order valence-corrected chi connectivity index (χ4v) is 4.08. The van der Waals surface area contributed by atoms with Gasteiger partial charge in [-0.05, 0) is 25.7 Å². The summed E-state index contributed by atoms with van der Waals surface area (Å²) in [4.78, 5) is 0. The van der Waals surface area contributed by atoms with E-state index in [0.29, 0.717) is 6.61 Å². The average molecular weight is 443 g/mol. The van der Waals surface area contributed by atoms with Gasteiger partial charge < -0.3 is 24.8 Å². The molecule has 1 fully saturated rings. The molecule has 0 amide bonds. The Morgan fingerprint density at radius 1 is 0.806 bits per heavy atom. The molecule has 0 spiro atoms. The first-order chi connectivity index (χ1) is 15.2. The van der Waals surface area contributed by atoms with Crippen molar-refractivity contribution in [1.82, 2.24) is 0 Å². The minimum absolute atomic E-state index is 0.0624. The number of aliphatic hydroxyl groups excluding tert-OH is 3. The van der Waals surface area contributed by atoms with Gasteiger partial charge >= 0.3 is 0 Å². The number of hydrogen-bond donors (Lipinski definition) is 3. The van der Waals surface area contributed by atoms with Crippen LogP contribution in [0.25, 0.3) is 0 Å². The summed E-state index contributed by atoms with van der Waals surface area (Å²) < 4.78 is 10.7. The van der Waals surface area contributed by atoms with Crippen LogP contribution in [0.1, 0.15) is 110 Å². The molecule has 0 saturated carbocycles. The smallest absolute Gasteiger partial charge is 0.114 e. The molecule has 31 heavy (non-hydrogen) atoms. The molecule has 0 aromatic carbocycles. The van der Waals surface area contributed by atoms with Crippen molar-refractivity contribution in [3.05, 3.63) is 12.2 Å². The third kappa shape index (κ3) is 15.1. The molecule has 1 aliphatic heterocycles. The van der Waals surface area contributed by atoms with E-state index in [1.54, 1.807) is 0 Å². The molecular formula is C26H50O5. The zero-order chi connectivity index (χ0) is 22.6. The molecule has 5 heteroatoms. The van der Waals surface area contributed by atoms with Crippen LogP contribution in [0, 0.1) is 0 Å². The van der Waals surface area contributed by atoms with Gasteiger partial charge in [0.25, 0.3) is 0 Å². The maximum absolute atomic E-state index is 9.95. The highest BCUT2D eigenvalue weighted by Crippen LogP contribution is 2.18. The van der Waals surface area contributed by atoms with Crippen LogP contribution >= 0.6 is 0 Å². The summed E-state index contributed by atoms with van der Waals surface area (Å²) >= 11 is 0. The maximum atomic E-state index is 9.95. The molecular weight excluding hydrogens is 392 g/mol. The summed E-state index contributed by atoms with van der Waals surface area (Å²) in [6.45, 7) is 3.04. The molecule has 184 valence electrons. The van der Waals surface area contributed by atoms with E-state index >= 15 is 0 Å². The SMILES string of the molecule is CCCCCCCCCCCCCCC/C=C/CCCOC[C@@H](O)[C@H]1OC[C@H](O)[C@H]1O. The van der Waals surface area contributed by atoms with Crippen molar-refractivity contribution in [2.75, 3.05) is 19.8 Å². The Labute approximate surface area is 191 Å². The topological polar surface area (TPSA) is 79.2 Å². The first-order valence-electron chi connectivity index (χ1n) is 13.0. The van der Waals surface area contributed by atoms with Crippen LogP contribution in [0.15, 0.2) is 12.2 Å². The van der Waals surface area contributed by atoms with Crippen molar-refractivity contribution in [3.8, 4) is 0 Å². The van der Waals surface area contributed by atoms with Gasteiger partial charge in [0.05, 0.1) is 13.2 Å². The standard InChI is InChI=1S/C26H50O5/c1-2-3-4-5-6-7-8-9-10-11-12-13-14-15-16-17-18-19-20-30-21-24(28)26-25(29)23(27)22-31-26/h16-17,23-29H,2-15,18-22H2,1H3/b17-16+/t23-,24+,25+,26+/m0/s1. The Morgan fingerprint density at radius 2 is 1.32 bits per heavy atom. The van der Waals surface area contributed by atoms with Crippen LogP contribution in [0.5, 0.6) is 0 Å². The molecule has 0 aromatic rings. The number of hydrogen-bond acceptors (Lipinski definition) is 5. The van der Waals surface area contributed by atoms with Crippen LogP contribution in [-0.2, 0) is 9.47 Å². The number of rotatable bonds is 21. The highest BCUT2D eigenvalue weighted by atomic mass is 16.5. The zero-order valence-electron chi connectivity index (χ0n) is 20.1. The number of ether oxygens (including phenoxy) is 2. The first kappa shape index (κ1) is 28.6. The second kappa shape index (κ2) is 20.2. The highest BCUT2D eigenvalue weighted by molar-refractivity contribution is 4.87. The Morgan fingerprint density at radius 3 is 1.84 bits per heavy atom. The molecule has 1 heterocycles. The predicted octanol–water partition coefficient (Wildman–Crippen LogP) is 5.30. The number of allylic oxidation sites excluding steroid dienone is 2. The Balaban J connectivity index is 1.77. The Kier molecular flexibility index (Phi) is 18.6. The van der Waals surface area contributed by atoms with E-state index in [1.165, 1.54) is 83.5 Å². The van der Waals surface area contributed by atoms with Crippen molar-refractivity contribution in [1.29, 1.82) is 0 Å².